The smallest absolute Gasteiger partial charge is 0.326 e. The molecule has 1 unspecified atom stereocenters. The van der Waals surface area contributed by atoms with Gasteiger partial charge in [0.1, 0.15) is 6.54 Å². The molecule has 30 heavy (non-hydrogen) atoms. The number of hydrazine groups is 1. The summed E-state index contributed by atoms with van der Waals surface area (Å²) in [7, 11) is 0. The zero-order chi connectivity index (χ0) is 21.3. The molecule has 2 saturated heterocycles. The molecule has 2 aliphatic heterocycles. The van der Waals surface area contributed by atoms with Crippen LogP contribution in [-0.2, 0) is 14.4 Å². The van der Waals surface area contributed by atoms with Crippen LogP contribution in [0, 0.1) is 0 Å². The van der Waals surface area contributed by atoms with E-state index in [-0.39, 0.29) is 6.54 Å². The van der Waals surface area contributed by atoms with Gasteiger partial charge in [0, 0.05) is 30.0 Å². The van der Waals surface area contributed by atoms with E-state index in [1.54, 1.807) is 0 Å². The first kappa shape index (κ1) is 19.4. The standard InChI is InChI=1S/C20H20N6O4/c21-17(28)13-6-8-14(9-7-13)22-16(27)12-26-19(30)18(29)25-11-10-24(20(25)23-26)15-4-2-1-3-5-15/h1-9,20,23H,10-12H2,(H2,21,28)(H,22,27). The maximum absolute atomic E-state index is 12.5. The number of para-hydroxylation sites is 1. The molecule has 2 heterocycles. The van der Waals surface area contributed by atoms with Crippen LogP contribution in [-0.4, -0.2) is 59.5 Å². The molecule has 0 aliphatic carbocycles. The molecule has 0 saturated carbocycles. The summed E-state index contributed by atoms with van der Waals surface area (Å²) in [5.74, 6) is -2.51. The van der Waals surface area contributed by atoms with Gasteiger partial charge in [-0.1, -0.05) is 18.2 Å². The zero-order valence-corrected chi connectivity index (χ0v) is 15.9. The number of nitrogens with one attached hydrogen (secondary N) is 2. The van der Waals surface area contributed by atoms with Gasteiger partial charge in [0.2, 0.25) is 11.8 Å². The molecule has 2 aliphatic rings. The van der Waals surface area contributed by atoms with E-state index in [9.17, 15) is 19.2 Å². The van der Waals surface area contributed by atoms with Crippen LogP contribution in [0.3, 0.4) is 0 Å². The Labute approximate surface area is 172 Å². The molecule has 4 N–H and O–H groups in total. The summed E-state index contributed by atoms with van der Waals surface area (Å²) in [5, 5.41) is 3.66. The number of amides is 4. The number of primary amides is 1. The number of carbonyl (C=O) groups is 4. The van der Waals surface area contributed by atoms with Gasteiger partial charge in [0.15, 0.2) is 6.29 Å². The molecule has 154 valence electrons. The van der Waals surface area contributed by atoms with Crippen LogP contribution in [0.15, 0.2) is 54.6 Å². The highest BCUT2D eigenvalue weighted by Gasteiger charge is 2.45. The third kappa shape index (κ3) is 3.67. The average Bonchev–Trinajstić information content (AvgIpc) is 3.16. The van der Waals surface area contributed by atoms with E-state index in [0.717, 1.165) is 10.7 Å². The molecule has 0 bridgehead atoms. The minimum atomic E-state index is -0.791. The van der Waals surface area contributed by atoms with Gasteiger partial charge in [0.25, 0.3) is 0 Å². The van der Waals surface area contributed by atoms with Crippen LogP contribution in [0.4, 0.5) is 11.4 Å². The summed E-state index contributed by atoms with van der Waals surface area (Å²) in [6.07, 6.45) is -0.555. The fourth-order valence-corrected chi connectivity index (χ4v) is 3.49. The highest BCUT2D eigenvalue weighted by atomic mass is 16.2. The second-order valence-electron chi connectivity index (χ2n) is 6.91. The number of hydrogen-bond donors (Lipinski definition) is 3. The number of hydrogen-bond acceptors (Lipinski definition) is 6. The molecule has 10 nitrogen and oxygen atoms in total. The predicted octanol–water partition coefficient (Wildman–Crippen LogP) is -0.297. The predicted molar refractivity (Wildman–Crippen MR) is 108 cm³/mol. The quantitative estimate of drug-likeness (QED) is 0.583. The van der Waals surface area contributed by atoms with Crippen molar-refractivity contribution in [3.8, 4) is 0 Å². The number of anilines is 2. The maximum Gasteiger partial charge on any atom is 0.326 e. The Bertz CT molecular complexity index is 994. The van der Waals surface area contributed by atoms with Gasteiger partial charge in [-0.25, -0.2) is 0 Å². The lowest BCUT2D eigenvalue weighted by atomic mass is 10.2. The fraction of sp³-hybridized carbons (Fsp3) is 0.200. The average molecular weight is 408 g/mol. The third-order valence-electron chi connectivity index (χ3n) is 4.98. The zero-order valence-electron chi connectivity index (χ0n) is 15.9. The van der Waals surface area contributed by atoms with Crippen LogP contribution in [0.5, 0.6) is 0 Å². The SMILES string of the molecule is NC(=O)c1ccc(NC(=O)CN2NC3N(CCN3c3ccccc3)C(=O)C2=O)cc1. The summed E-state index contributed by atoms with van der Waals surface area (Å²) in [6.45, 7) is 0.617. The van der Waals surface area contributed by atoms with E-state index in [1.807, 2.05) is 35.2 Å². The van der Waals surface area contributed by atoms with E-state index < -0.39 is 29.9 Å². The second-order valence-corrected chi connectivity index (χ2v) is 6.91. The van der Waals surface area contributed by atoms with Gasteiger partial charge in [-0.3, -0.25) is 29.1 Å². The minimum absolute atomic E-state index is 0.314. The molecular formula is C20H20N6O4. The van der Waals surface area contributed by atoms with Crippen molar-refractivity contribution >= 4 is 35.0 Å². The van der Waals surface area contributed by atoms with Crippen molar-refractivity contribution in [2.24, 2.45) is 5.73 Å². The second kappa shape index (κ2) is 7.84. The Morgan fingerprint density at radius 1 is 0.967 bits per heavy atom. The van der Waals surface area contributed by atoms with E-state index in [1.165, 1.54) is 29.2 Å². The summed E-state index contributed by atoms with van der Waals surface area (Å²) in [4.78, 5) is 51.9. The van der Waals surface area contributed by atoms with Crippen LogP contribution < -0.4 is 21.4 Å². The number of nitrogens with zero attached hydrogens (tertiary/aromatic N) is 3. The molecule has 2 aromatic rings. The number of benzene rings is 2. The van der Waals surface area contributed by atoms with Gasteiger partial charge in [-0.2, -0.15) is 5.43 Å². The molecular weight excluding hydrogens is 388 g/mol. The van der Waals surface area contributed by atoms with Crippen molar-refractivity contribution in [3.63, 3.8) is 0 Å². The molecule has 10 heteroatoms. The summed E-state index contributed by atoms with van der Waals surface area (Å²) in [5.41, 5.74) is 9.83. The highest BCUT2D eigenvalue weighted by molar-refractivity contribution is 6.35. The van der Waals surface area contributed by atoms with Crippen molar-refractivity contribution in [2.75, 3.05) is 29.9 Å². The van der Waals surface area contributed by atoms with Crippen LogP contribution >= 0.6 is 0 Å². The lowest BCUT2D eigenvalue weighted by molar-refractivity contribution is -0.163. The van der Waals surface area contributed by atoms with Gasteiger partial charge < -0.3 is 16.0 Å². The van der Waals surface area contributed by atoms with Gasteiger partial charge >= 0.3 is 11.8 Å². The lowest BCUT2D eigenvalue weighted by Gasteiger charge is -2.40. The largest absolute Gasteiger partial charge is 0.366 e. The topological polar surface area (TPSA) is 128 Å². The first-order valence-corrected chi connectivity index (χ1v) is 9.34. The van der Waals surface area contributed by atoms with E-state index in [4.69, 9.17) is 5.73 Å². The maximum atomic E-state index is 12.5. The molecule has 0 aromatic heterocycles. The summed E-state index contributed by atoms with van der Waals surface area (Å²) in [6, 6.07) is 15.5. The Kier molecular flexibility index (Phi) is 5.07. The first-order chi connectivity index (χ1) is 14.4. The highest BCUT2D eigenvalue weighted by Crippen LogP contribution is 2.24. The summed E-state index contributed by atoms with van der Waals surface area (Å²) < 4.78 is 0. The Morgan fingerprint density at radius 3 is 2.30 bits per heavy atom. The van der Waals surface area contributed by atoms with Crippen molar-refractivity contribution in [1.82, 2.24) is 15.3 Å². The third-order valence-corrected chi connectivity index (χ3v) is 4.98. The number of rotatable bonds is 5. The van der Waals surface area contributed by atoms with Crippen LogP contribution in [0.2, 0.25) is 0 Å². The molecule has 2 fully saturated rings. The first-order valence-electron chi connectivity index (χ1n) is 9.34. The number of nitrogens with two attached hydrogens (primary N) is 1. The van der Waals surface area contributed by atoms with Gasteiger partial charge in [-0.15, -0.1) is 0 Å². The van der Waals surface area contributed by atoms with Crippen molar-refractivity contribution in [3.05, 3.63) is 60.2 Å². The van der Waals surface area contributed by atoms with Crippen molar-refractivity contribution in [1.29, 1.82) is 0 Å². The lowest BCUT2D eigenvalue weighted by Crippen LogP contribution is -2.68. The number of carbonyl (C=O) groups excluding carboxylic acids is 4. The van der Waals surface area contributed by atoms with Crippen molar-refractivity contribution < 1.29 is 19.2 Å². The Balaban J connectivity index is 1.44. The van der Waals surface area contributed by atoms with Crippen LogP contribution in [0.1, 0.15) is 10.4 Å². The molecule has 0 radical (unpaired) electrons. The minimum Gasteiger partial charge on any atom is -0.366 e. The summed E-state index contributed by atoms with van der Waals surface area (Å²) >= 11 is 0. The van der Waals surface area contributed by atoms with Crippen LogP contribution in [0.25, 0.3) is 0 Å². The van der Waals surface area contributed by atoms with Gasteiger partial charge in [-0.05, 0) is 36.4 Å². The Hall–Kier alpha value is -3.92. The number of fused-ring (bicyclic) bond motifs is 1. The van der Waals surface area contributed by atoms with E-state index in [2.05, 4.69) is 10.7 Å². The van der Waals surface area contributed by atoms with Crippen molar-refractivity contribution in [2.45, 2.75) is 6.29 Å². The molecule has 4 amide bonds. The van der Waals surface area contributed by atoms with E-state index >= 15 is 0 Å². The Morgan fingerprint density at radius 2 is 1.63 bits per heavy atom. The molecule has 1 atom stereocenters. The van der Waals surface area contributed by atoms with E-state index in [0.29, 0.717) is 24.3 Å². The normalized spacial score (nSPS) is 18.4. The monoisotopic (exact) mass is 408 g/mol. The fourth-order valence-electron chi connectivity index (χ4n) is 3.49. The molecule has 0 spiro atoms. The molecule has 2 aromatic carbocycles. The van der Waals surface area contributed by atoms with Gasteiger partial charge in [0.05, 0.1) is 0 Å². The molecule has 4 rings (SSSR count).